The molecule has 2 rings (SSSR count). The summed E-state index contributed by atoms with van der Waals surface area (Å²) in [7, 11) is 0. The number of pyridine rings is 1. The SMILES string of the molecule is Cc1nc(CNCc2ccnc(C#N)c2)cs1. The highest BCUT2D eigenvalue weighted by atomic mass is 32.1. The first-order valence-corrected chi connectivity index (χ1v) is 6.12. The van der Waals surface area contributed by atoms with Crippen molar-refractivity contribution >= 4 is 11.3 Å². The molecule has 0 bridgehead atoms. The fourth-order valence-electron chi connectivity index (χ4n) is 1.47. The van der Waals surface area contributed by atoms with Crippen molar-refractivity contribution < 1.29 is 0 Å². The molecule has 86 valence electrons. The van der Waals surface area contributed by atoms with E-state index < -0.39 is 0 Å². The maximum atomic E-state index is 8.73. The molecule has 0 spiro atoms. The van der Waals surface area contributed by atoms with Gasteiger partial charge in [0, 0.05) is 24.7 Å². The van der Waals surface area contributed by atoms with Crippen LogP contribution in [0.25, 0.3) is 0 Å². The quantitative estimate of drug-likeness (QED) is 0.893. The summed E-state index contributed by atoms with van der Waals surface area (Å²) in [6, 6.07) is 5.72. The van der Waals surface area contributed by atoms with Crippen molar-refractivity contribution in [2.45, 2.75) is 20.0 Å². The van der Waals surface area contributed by atoms with Crippen LogP contribution in [-0.2, 0) is 13.1 Å². The van der Waals surface area contributed by atoms with Crippen LogP contribution in [-0.4, -0.2) is 9.97 Å². The van der Waals surface area contributed by atoms with Crippen LogP contribution in [0.2, 0.25) is 0 Å². The minimum absolute atomic E-state index is 0.453. The molecule has 2 aromatic heterocycles. The summed E-state index contributed by atoms with van der Waals surface area (Å²) in [5, 5.41) is 15.1. The van der Waals surface area contributed by atoms with Crippen molar-refractivity contribution in [3.63, 3.8) is 0 Å². The number of nitriles is 1. The number of aryl methyl sites for hydroxylation is 1. The largest absolute Gasteiger partial charge is 0.307 e. The van der Waals surface area contributed by atoms with Crippen LogP contribution in [0.5, 0.6) is 0 Å². The van der Waals surface area contributed by atoms with E-state index >= 15 is 0 Å². The Morgan fingerprint density at radius 2 is 2.35 bits per heavy atom. The predicted molar refractivity (Wildman–Crippen MR) is 66.3 cm³/mol. The molecule has 2 aromatic rings. The molecule has 0 unspecified atom stereocenters. The van der Waals surface area contributed by atoms with Gasteiger partial charge in [0.2, 0.25) is 0 Å². The average molecular weight is 244 g/mol. The third kappa shape index (κ3) is 3.34. The lowest BCUT2D eigenvalue weighted by Crippen LogP contribution is -2.13. The van der Waals surface area contributed by atoms with Gasteiger partial charge in [-0.25, -0.2) is 9.97 Å². The summed E-state index contributed by atoms with van der Waals surface area (Å²) < 4.78 is 0. The lowest BCUT2D eigenvalue weighted by atomic mass is 10.2. The molecule has 0 saturated carbocycles. The molecule has 0 fully saturated rings. The van der Waals surface area contributed by atoms with E-state index in [2.05, 4.69) is 20.7 Å². The van der Waals surface area contributed by atoms with Crippen LogP contribution in [0.15, 0.2) is 23.7 Å². The molecule has 17 heavy (non-hydrogen) atoms. The van der Waals surface area contributed by atoms with Gasteiger partial charge in [-0.05, 0) is 24.6 Å². The molecule has 0 amide bonds. The van der Waals surface area contributed by atoms with E-state index in [1.54, 1.807) is 23.6 Å². The van der Waals surface area contributed by atoms with Gasteiger partial charge >= 0.3 is 0 Å². The fraction of sp³-hybridized carbons (Fsp3) is 0.250. The zero-order chi connectivity index (χ0) is 12.1. The highest BCUT2D eigenvalue weighted by Crippen LogP contribution is 2.07. The lowest BCUT2D eigenvalue weighted by molar-refractivity contribution is 0.681. The number of thiazole rings is 1. The zero-order valence-corrected chi connectivity index (χ0v) is 10.3. The van der Waals surface area contributed by atoms with Crippen molar-refractivity contribution in [2.75, 3.05) is 0 Å². The van der Waals surface area contributed by atoms with E-state index in [0.717, 1.165) is 22.8 Å². The average Bonchev–Trinajstić information content (AvgIpc) is 2.75. The molecule has 4 nitrogen and oxygen atoms in total. The van der Waals surface area contributed by atoms with Gasteiger partial charge in [0.15, 0.2) is 0 Å². The predicted octanol–water partition coefficient (Wildman–Crippen LogP) is 2.01. The zero-order valence-electron chi connectivity index (χ0n) is 9.47. The van der Waals surface area contributed by atoms with E-state index in [4.69, 9.17) is 5.26 Å². The molecule has 0 aliphatic carbocycles. The summed E-state index contributed by atoms with van der Waals surface area (Å²) in [6.45, 7) is 3.46. The van der Waals surface area contributed by atoms with Crippen molar-refractivity contribution in [3.8, 4) is 6.07 Å². The first kappa shape index (κ1) is 11.7. The van der Waals surface area contributed by atoms with E-state index in [-0.39, 0.29) is 0 Å². The summed E-state index contributed by atoms with van der Waals surface area (Å²) in [4.78, 5) is 8.29. The van der Waals surface area contributed by atoms with Gasteiger partial charge in [-0.2, -0.15) is 5.26 Å². The molecule has 0 saturated heterocycles. The highest BCUT2D eigenvalue weighted by Gasteiger charge is 1.99. The number of hydrogen-bond donors (Lipinski definition) is 1. The molecule has 0 radical (unpaired) electrons. The summed E-state index contributed by atoms with van der Waals surface area (Å²) >= 11 is 1.65. The van der Waals surface area contributed by atoms with Crippen molar-refractivity contribution in [2.24, 2.45) is 0 Å². The molecule has 2 heterocycles. The first-order chi connectivity index (χ1) is 8.28. The summed E-state index contributed by atoms with van der Waals surface area (Å²) in [5.41, 5.74) is 2.57. The van der Waals surface area contributed by atoms with E-state index in [0.29, 0.717) is 12.2 Å². The van der Waals surface area contributed by atoms with Crippen molar-refractivity contribution in [1.82, 2.24) is 15.3 Å². The number of hydrogen-bond acceptors (Lipinski definition) is 5. The van der Waals surface area contributed by atoms with Gasteiger partial charge in [0.05, 0.1) is 10.7 Å². The third-order valence-corrected chi connectivity index (χ3v) is 3.06. The Morgan fingerprint density at radius 1 is 1.47 bits per heavy atom. The van der Waals surface area contributed by atoms with Gasteiger partial charge in [0.25, 0.3) is 0 Å². The number of nitrogens with one attached hydrogen (secondary N) is 1. The number of aromatic nitrogens is 2. The maximum absolute atomic E-state index is 8.73. The van der Waals surface area contributed by atoms with Crippen LogP contribution in [0.3, 0.4) is 0 Å². The number of rotatable bonds is 4. The second kappa shape index (κ2) is 5.53. The van der Waals surface area contributed by atoms with Crippen molar-refractivity contribution in [1.29, 1.82) is 5.26 Å². The second-order valence-electron chi connectivity index (χ2n) is 3.62. The monoisotopic (exact) mass is 244 g/mol. The Kier molecular flexibility index (Phi) is 3.81. The fourth-order valence-corrected chi connectivity index (χ4v) is 2.08. The van der Waals surface area contributed by atoms with Gasteiger partial charge < -0.3 is 5.32 Å². The van der Waals surface area contributed by atoms with Gasteiger partial charge in [0.1, 0.15) is 11.8 Å². The van der Waals surface area contributed by atoms with Gasteiger partial charge in [-0.15, -0.1) is 11.3 Å². The molecule has 0 aliphatic heterocycles. The van der Waals surface area contributed by atoms with Crippen LogP contribution < -0.4 is 5.32 Å². The van der Waals surface area contributed by atoms with Crippen LogP contribution in [0.4, 0.5) is 0 Å². The van der Waals surface area contributed by atoms with Crippen LogP contribution >= 0.6 is 11.3 Å². The van der Waals surface area contributed by atoms with Crippen LogP contribution in [0.1, 0.15) is 22.0 Å². The standard InChI is InChI=1S/C12H12N4S/c1-9-16-12(8-17-9)7-14-6-10-2-3-15-11(4-10)5-13/h2-4,8,14H,6-7H2,1H3. The Bertz CT molecular complexity index is 541. The maximum Gasteiger partial charge on any atom is 0.140 e. The summed E-state index contributed by atoms with van der Waals surface area (Å²) in [6.07, 6.45) is 1.66. The van der Waals surface area contributed by atoms with E-state index in [1.165, 1.54) is 0 Å². The molecule has 5 heteroatoms. The van der Waals surface area contributed by atoms with E-state index in [1.807, 2.05) is 19.1 Å². The second-order valence-corrected chi connectivity index (χ2v) is 4.68. The minimum atomic E-state index is 0.453. The highest BCUT2D eigenvalue weighted by molar-refractivity contribution is 7.09. The molecule has 1 N–H and O–H groups in total. The van der Waals surface area contributed by atoms with Gasteiger partial charge in [-0.3, -0.25) is 0 Å². The third-order valence-electron chi connectivity index (χ3n) is 2.24. The molecular weight excluding hydrogens is 232 g/mol. The van der Waals surface area contributed by atoms with Gasteiger partial charge in [-0.1, -0.05) is 0 Å². The molecule has 0 aliphatic rings. The summed E-state index contributed by atoms with van der Waals surface area (Å²) in [5.74, 6) is 0. The Hall–Kier alpha value is -1.77. The Morgan fingerprint density at radius 3 is 3.06 bits per heavy atom. The number of nitrogens with zero attached hydrogens (tertiary/aromatic N) is 3. The van der Waals surface area contributed by atoms with Crippen molar-refractivity contribution in [3.05, 3.63) is 45.7 Å². The molecule has 0 atom stereocenters. The molecule has 0 aromatic carbocycles. The first-order valence-electron chi connectivity index (χ1n) is 5.24. The lowest BCUT2D eigenvalue weighted by Gasteiger charge is -2.02. The topological polar surface area (TPSA) is 61.6 Å². The Labute approximate surface area is 104 Å². The van der Waals surface area contributed by atoms with Crippen LogP contribution in [0, 0.1) is 18.3 Å². The normalized spacial score (nSPS) is 10.1. The van der Waals surface area contributed by atoms with E-state index in [9.17, 15) is 0 Å². The smallest absolute Gasteiger partial charge is 0.140 e. The minimum Gasteiger partial charge on any atom is -0.307 e. The Balaban J connectivity index is 1.88. The molecular formula is C12H12N4S.